The topological polar surface area (TPSA) is 107 Å². The van der Waals surface area contributed by atoms with E-state index in [0.29, 0.717) is 22.4 Å². The maximum absolute atomic E-state index is 13.9. The SMILES string of the molecule is CSCC[C@H](NC(=O)c1ccc(CN(c2ccccc2)S(=O)(=O)c2ccc(C(F)(F)F)cc2)cc1-c1ccccc1C)C(=O)[O-].[Li+]. The molecule has 1 N–H and O–H groups in total. The van der Waals surface area contributed by atoms with E-state index in [-0.39, 0.29) is 48.0 Å². The number of aryl methyl sites for hydroxylation is 1. The Kier molecular flexibility index (Phi) is 12.6. The number of carbonyl (C=O) groups is 2. The van der Waals surface area contributed by atoms with Crippen molar-refractivity contribution in [1.82, 2.24) is 5.32 Å². The summed E-state index contributed by atoms with van der Waals surface area (Å²) in [5.74, 6) is -1.54. The molecule has 0 bridgehead atoms. The molecule has 0 aromatic heterocycles. The Bertz CT molecular complexity index is 1770. The molecule has 4 aromatic rings. The Morgan fingerprint density at radius 3 is 2.13 bits per heavy atom. The number of sulfonamides is 1. The van der Waals surface area contributed by atoms with Crippen molar-refractivity contribution in [3.8, 4) is 11.1 Å². The zero-order chi connectivity index (χ0) is 32.8. The van der Waals surface area contributed by atoms with Gasteiger partial charge in [-0.1, -0.05) is 48.5 Å². The second-order valence-electron chi connectivity index (χ2n) is 10.2. The predicted molar refractivity (Wildman–Crippen MR) is 167 cm³/mol. The van der Waals surface area contributed by atoms with E-state index in [0.717, 1.165) is 34.1 Å². The van der Waals surface area contributed by atoms with E-state index in [1.165, 1.54) is 17.8 Å². The van der Waals surface area contributed by atoms with Crippen LogP contribution in [-0.2, 0) is 27.5 Å². The monoisotopic (exact) mass is 662 g/mol. The predicted octanol–water partition coefficient (Wildman–Crippen LogP) is 2.68. The number of thioether (sulfide) groups is 1. The average molecular weight is 663 g/mol. The summed E-state index contributed by atoms with van der Waals surface area (Å²) in [5, 5.41) is 14.3. The van der Waals surface area contributed by atoms with Crippen molar-refractivity contribution in [2.24, 2.45) is 0 Å². The van der Waals surface area contributed by atoms with Gasteiger partial charge in [-0.05, 0) is 96.1 Å². The summed E-state index contributed by atoms with van der Waals surface area (Å²) >= 11 is 1.43. The first-order valence-electron chi connectivity index (χ1n) is 13.8. The smallest absolute Gasteiger partial charge is 0.548 e. The number of hydrogen-bond donors (Lipinski definition) is 1. The number of anilines is 1. The molecule has 0 heterocycles. The molecule has 46 heavy (non-hydrogen) atoms. The quantitative estimate of drug-likeness (QED) is 0.234. The minimum atomic E-state index is -4.63. The van der Waals surface area contributed by atoms with Gasteiger partial charge in [-0.15, -0.1) is 0 Å². The third-order valence-corrected chi connectivity index (χ3v) is 9.54. The van der Waals surface area contributed by atoms with Crippen molar-refractivity contribution in [3.63, 3.8) is 0 Å². The maximum Gasteiger partial charge on any atom is 1.00 e. The molecule has 0 aliphatic carbocycles. The largest absolute Gasteiger partial charge is 1.00 e. The summed E-state index contributed by atoms with van der Waals surface area (Å²) in [6.45, 7) is 1.63. The number of carboxylic acids is 1. The zero-order valence-corrected chi connectivity index (χ0v) is 27.0. The van der Waals surface area contributed by atoms with Gasteiger partial charge in [0, 0.05) is 5.56 Å². The molecule has 0 saturated carbocycles. The molecule has 0 radical (unpaired) electrons. The average Bonchev–Trinajstić information content (AvgIpc) is 3.01. The number of carboxylic acid groups (broad SMARTS) is 1. The molecular weight excluding hydrogens is 632 g/mol. The van der Waals surface area contributed by atoms with Crippen LogP contribution in [0.5, 0.6) is 0 Å². The Morgan fingerprint density at radius 1 is 0.913 bits per heavy atom. The van der Waals surface area contributed by atoms with Gasteiger partial charge >= 0.3 is 25.0 Å². The van der Waals surface area contributed by atoms with Crippen LogP contribution in [0.15, 0.2) is 102 Å². The second kappa shape index (κ2) is 15.7. The minimum absolute atomic E-state index is 0. The number of halogens is 3. The summed E-state index contributed by atoms with van der Waals surface area (Å²) in [6, 6.07) is 22.2. The number of para-hydroxylation sites is 1. The molecule has 4 aromatic carbocycles. The fourth-order valence-electron chi connectivity index (χ4n) is 4.72. The maximum atomic E-state index is 13.9. The fraction of sp³-hybridized carbons (Fsp3) is 0.212. The molecule has 0 aliphatic rings. The third kappa shape index (κ3) is 8.76. The number of nitrogens with zero attached hydrogens (tertiary/aromatic N) is 1. The van der Waals surface area contributed by atoms with E-state index in [1.54, 1.807) is 54.6 Å². The van der Waals surface area contributed by atoms with Crippen LogP contribution in [0.1, 0.15) is 33.5 Å². The molecule has 236 valence electrons. The number of rotatable bonds is 12. The van der Waals surface area contributed by atoms with Crippen molar-refractivity contribution >= 4 is 39.3 Å². The molecule has 0 fully saturated rings. The van der Waals surface area contributed by atoms with Crippen LogP contribution in [-0.4, -0.2) is 38.3 Å². The van der Waals surface area contributed by atoms with E-state index in [2.05, 4.69) is 5.32 Å². The molecule has 0 aliphatic heterocycles. The number of hydrogen-bond acceptors (Lipinski definition) is 6. The van der Waals surface area contributed by atoms with Crippen molar-refractivity contribution in [3.05, 3.63) is 119 Å². The number of nitrogens with one attached hydrogen (secondary N) is 1. The number of aliphatic carboxylic acids is 1. The molecule has 7 nitrogen and oxygen atoms in total. The van der Waals surface area contributed by atoms with Gasteiger partial charge in [-0.25, -0.2) is 8.42 Å². The standard InChI is InChI=1S/C33H31F3N2O5S2.Li/c1-22-8-6-7-11-27(22)29-20-23(12-17-28(29)31(39)37-30(32(40)41)18-19-44-2)21-38(25-9-4-3-5-10-25)45(42,43)26-15-13-24(14-16-26)33(34,35)36;/h3-17,20,30H,18-19,21H2,1-2H3,(H,37,39)(H,40,41);/q;+1/p-1/t30-;/m0./s1. The van der Waals surface area contributed by atoms with Crippen LogP contribution in [0, 0.1) is 6.92 Å². The first-order chi connectivity index (χ1) is 21.3. The molecule has 0 saturated heterocycles. The number of amides is 1. The van der Waals surface area contributed by atoms with Gasteiger partial charge in [0.05, 0.1) is 34.7 Å². The van der Waals surface area contributed by atoms with Gasteiger partial charge in [0.15, 0.2) is 0 Å². The van der Waals surface area contributed by atoms with Crippen LogP contribution in [0.2, 0.25) is 0 Å². The van der Waals surface area contributed by atoms with Crippen molar-refractivity contribution in [1.29, 1.82) is 0 Å². The van der Waals surface area contributed by atoms with Crippen molar-refractivity contribution in [2.75, 3.05) is 16.3 Å². The van der Waals surface area contributed by atoms with Crippen LogP contribution in [0.4, 0.5) is 18.9 Å². The third-order valence-electron chi connectivity index (χ3n) is 7.10. The van der Waals surface area contributed by atoms with Gasteiger partial charge in [-0.3, -0.25) is 9.10 Å². The molecule has 1 atom stereocenters. The Morgan fingerprint density at radius 2 is 1.54 bits per heavy atom. The van der Waals surface area contributed by atoms with Crippen molar-refractivity contribution in [2.45, 2.75) is 37.0 Å². The first-order valence-corrected chi connectivity index (χ1v) is 16.6. The Balaban J connectivity index is 0.00000576. The van der Waals surface area contributed by atoms with E-state index >= 15 is 0 Å². The Labute approximate surface area is 282 Å². The fourth-order valence-corrected chi connectivity index (χ4v) is 6.65. The van der Waals surface area contributed by atoms with Crippen molar-refractivity contribution < 1.29 is 55.1 Å². The van der Waals surface area contributed by atoms with E-state index in [1.807, 2.05) is 25.3 Å². The van der Waals surface area contributed by atoms with Gasteiger partial charge < -0.3 is 15.2 Å². The van der Waals surface area contributed by atoms with Gasteiger partial charge in [-0.2, -0.15) is 24.9 Å². The zero-order valence-electron chi connectivity index (χ0n) is 25.4. The molecular formula is C33H30F3LiN2O5S2. The van der Waals surface area contributed by atoms with Gasteiger partial charge in [0.25, 0.3) is 15.9 Å². The van der Waals surface area contributed by atoms with E-state index in [4.69, 9.17) is 0 Å². The van der Waals surface area contributed by atoms with Crippen LogP contribution >= 0.6 is 11.8 Å². The van der Waals surface area contributed by atoms with Crippen LogP contribution in [0.25, 0.3) is 11.1 Å². The van der Waals surface area contributed by atoms with Crippen LogP contribution in [0.3, 0.4) is 0 Å². The molecule has 0 unspecified atom stereocenters. The normalized spacial score (nSPS) is 12.1. The molecule has 1 amide bonds. The number of carbonyl (C=O) groups excluding carboxylic acids is 2. The van der Waals surface area contributed by atoms with E-state index < -0.39 is 39.7 Å². The van der Waals surface area contributed by atoms with Gasteiger partial charge in [0.2, 0.25) is 0 Å². The first kappa shape index (κ1) is 36.8. The molecule has 13 heteroatoms. The second-order valence-corrected chi connectivity index (χ2v) is 13.0. The summed E-state index contributed by atoms with van der Waals surface area (Å²) in [5.41, 5.74) is 1.91. The molecule has 4 rings (SSSR count). The van der Waals surface area contributed by atoms with E-state index in [9.17, 15) is 36.3 Å². The molecule has 0 spiro atoms. The number of alkyl halides is 3. The van der Waals surface area contributed by atoms with Crippen LogP contribution < -0.4 is 33.6 Å². The summed E-state index contributed by atoms with van der Waals surface area (Å²) in [7, 11) is -4.35. The van der Waals surface area contributed by atoms with Gasteiger partial charge in [0.1, 0.15) is 0 Å². The number of benzene rings is 4. The minimum Gasteiger partial charge on any atom is -0.548 e. The summed E-state index contributed by atoms with van der Waals surface area (Å²) in [4.78, 5) is 24.8. The summed E-state index contributed by atoms with van der Waals surface area (Å²) < 4.78 is 68.3. The Hall–Kier alpha value is -3.69. The summed E-state index contributed by atoms with van der Waals surface area (Å²) in [6.07, 6.45) is -2.64.